The van der Waals surface area contributed by atoms with Crippen LogP contribution in [0.3, 0.4) is 0 Å². The SMILES string of the molecule is CCOc1cccc(C)n1.CCc1cccc(C)n1.COc1cccc(C)n1.COc1cccc(C)n1.COc1nc(C)ccc1N.COc1nc(C)cnc1N.Cc1ccccc1.Cc1cccnc1F.Cc1cncc(=O)[nH]1. The highest BCUT2D eigenvalue weighted by molar-refractivity contribution is 5.48. The van der Waals surface area contributed by atoms with Crippen molar-refractivity contribution in [2.75, 3.05) is 46.5 Å². The Kier molecular flexibility index (Phi) is 35.0. The van der Waals surface area contributed by atoms with Crippen molar-refractivity contribution in [2.45, 2.75) is 82.6 Å². The first-order valence-corrected chi connectivity index (χ1v) is 25.2. The lowest BCUT2D eigenvalue weighted by atomic mass is 10.2. The topological polar surface area (TPSA) is 247 Å². The number of rotatable bonds is 7. The lowest BCUT2D eigenvalue weighted by Crippen LogP contribution is -2.05. The number of aryl methyl sites for hydroxylation is 10. The molecular weight excluding hydrogens is 1020 g/mol. The smallest absolute Gasteiger partial charge is 0.266 e. The number of H-pyrrole nitrogens is 1. The second-order valence-electron chi connectivity index (χ2n) is 16.6. The molecule has 0 radical (unpaired) electrons. The van der Waals surface area contributed by atoms with E-state index in [9.17, 15) is 9.18 Å². The van der Waals surface area contributed by atoms with Gasteiger partial charge in [-0.05, 0) is 124 Å². The average Bonchev–Trinajstić information content (AvgIpc) is 3.45. The van der Waals surface area contributed by atoms with E-state index in [1.165, 1.54) is 30.8 Å². The molecule has 0 aliphatic carbocycles. The van der Waals surface area contributed by atoms with Crippen LogP contribution in [0.5, 0.6) is 29.4 Å². The number of halogens is 1. The van der Waals surface area contributed by atoms with Gasteiger partial charge in [-0.15, -0.1) is 0 Å². The van der Waals surface area contributed by atoms with Gasteiger partial charge in [-0.3, -0.25) is 14.8 Å². The van der Waals surface area contributed by atoms with E-state index >= 15 is 0 Å². The van der Waals surface area contributed by atoms with Crippen LogP contribution in [0, 0.1) is 68.3 Å². The summed E-state index contributed by atoms with van der Waals surface area (Å²) >= 11 is 0. The van der Waals surface area contributed by atoms with Gasteiger partial charge in [-0.25, -0.2) is 34.9 Å². The first-order valence-electron chi connectivity index (χ1n) is 25.2. The van der Waals surface area contributed by atoms with Gasteiger partial charge in [0.25, 0.3) is 11.4 Å². The molecule has 0 bridgehead atoms. The molecule has 0 saturated carbocycles. The van der Waals surface area contributed by atoms with Gasteiger partial charge in [0.2, 0.25) is 29.5 Å². The minimum atomic E-state index is -0.382. The molecule has 80 heavy (non-hydrogen) atoms. The molecule has 1 aromatic carbocycles. The van der Waals surface area contributed by atoms with Crippen molar-refractivity contribution in [1.82, 2.24) is 49.8 Å². The summed E-state index contributed by atoms with van der Waals surface area (Å²) in [5, 5.41) is 0. The molecule has 8 heterocycles. The van der Waals surface area contributed by atoms with E-state index in [2.05, 4.69) is 75.8 Å². The summed E-state index contributed by atoms with van der Waals surface area (Å²) in [5.74, 6) is 2.90. The highest BCUT2D eigenvalue weighted by Crippen LogP contribution is 2.17. The quantitative estimate of drug-likeness (QED) is 0.126. The number of benzene rings is 1. The lowest BCUT2D eigenvalue weighted by Gasteiger charge is -2.01. The van der Waals surface area contributed by atoms with E-state index in [0.717, 1.165) is 46.3 Å². The van der Waals surface area contributed by atoms with E-state index in [-0.39, 0.29) is 11.5 Å². The molecule has 0 aliphatic rings. The zero-order valence-corrected chi connectivity index (χ0v) is 48.9. The zero-order valence-electron chi connectivity index (χ0n) is 48.9. The summed E-state index contributed by atoms with van der Waals surface area (Å²) in [6.45, 7) is 21.8. The molecule has 5 N–H and O–H groups in total. The zero-order chi connectivity index (χ0) is 59.7. The number of anilines is 2. The molecule has 0 unspecified atom stereocenters. The van der Waals surface area contributed by atoms with Crippen molar-refractivity contribution in [3.8, 4) is 29.4 Å². The number of nitrogens with one attached hydrogen (secondary N) is 1. The van der Waals surface area contributed by atoms with Crippen molar-refractivity contribution >= 4 is 11.5 Å². The second kappa shape index (κ2) is 40.8. The van der Waals surface area contributed by atoms with E-state index in [0.29, 0.717) is 53.1 Å². The standard InChI is InChI=1S/C8H11NO.C8H11N.C7H10N2O.2C7H9NO.C7H8.C6H6FN.C6H9N3O.C5H6N2O/c1-3-10-8-6-4-5-7(2)9-8;1-3-8-6-4-5-7(2)9-8;1-5-3-4-6(8)7(9-5)10-2;2*1-6-4-3-5-7(8-6)9-2;1-7-5-3-2-4-6-7;1-5-3-2-4-8-6(5)7;1-4-3-8-5(7)6(9-4)10-2;1-4-2-6-3-5(8)7-4/h4-6H,3H2,1-2H3;4-6H,3H2,1-2H3;3-4H,8H2,1-2H3;2*3-5H,1-2H3;2-6H,1H3;2-4H,1H3;3H,1-2H3,(H2,7,8);2-3H,1H3,(H,7,8). The van der Waals surface area contributed by atoms with Crippen LogP contribution in [-0.4, -0.2) is 84.9 Å². The van der Waals surface area contributed by atoms with Gasteiger partial charge >= 0.3 is 0 Å². The molecule has 426 valence electrons. The maximum absolute atomic E-state index is 12.2. The summed E-state index contributed by atoms with van der Waals surface area (Å²) in [6, 6.07) is 40.5. The number of aromatic amines is 1. The highest BCUT2D eigenvalue weighted by Gasteiger charge is 2.00. The van der Waals surface area contributed by atoms with Crippen LogP contribution in [-0.2, 0) is 6.42 Å². The Hall–Kier alpha value is -9.39. The van der Waals surface area contributed by atoms with Gasteiger partial charge in [0.1, 0.15) is 0 Å². The van der Waals surface area contributed by atoms with Crippen molar-refractivity contribution in [2.24, 2.45) is 0 Å². The number of hydrogen-bond acceptors (Lipinski definition) is 17. The third kappa shape index (κ3) is 32.3. The van der Waals surface area contributed by atoms with Gasteiger partial charge in [0, 0.05) is 76.0 Å². The number of nitrogen functional groups attached to an aromatic ring is 2. The number of nitrogens with zero attached hydrogens (tertiary/aromatic N) is 9. The average molecular weight is 1100 g/mol. The molecule has 0 amide bonds. The Balaban J connectivity index is 0.000000451. The van der Waals surface area contributed by atoms with E-state index in [4.69, 9.17) is 35.2 Å². The molecule has 9 rings (SSSR count). The molecular formula is C61H79FN12O6. The molecule has 0 saturated heterocycles. The molecule has 0 fully saturated rings. The van der Waals surface area contributed by atoms with Gasteiger partial charge in [0.15, 0.2) is 5.82 Å². The van der Waals surface area contributed by atoms with Crippen molar-refractivity contribution < 1.29 is 28.1 Å². The molecule has 0 atom stereocenters. The number of ether oxygens (including phenoxy) is 5. The van der Waals surface area contributed by atoms with E-state index < -0.39 is 0 Å². The first kappa shape index (κ1) is 68.6. The van der Waals surface area contributed by atoms with Crippen LogP contribution >= 0.6 is 0 Å². The van der Waals surface area contributed by atoms with Crippen LogP contribution in [0.15, 0.2) is 157 Å². The molecule has 18 nitrogen and oxygen atoms in total. The molecule has 0 aliphatic heterocycles. The fourth-order valence-electron chi connectivity index (χ4n) is 5.60. The molecule has 19 heteroatoms. The van der Waals surface area contributed by atoms with Gasteiger partial charge in [0.05, 0.1) is 58.8 Å². The van der Waals surface area contributed by atoms with Crippen molar-refractivity contribution in [3.63, 3.8) is 0 Å². The van der Waals surface area contributed by atoms with Crippen LogP contribution < -0.4 is 40.7 Å². The normalized spacial score (nSPS) is 9.25. The Morgan fingerprint density at radius 2 is 1.00 bits per heavy atom. The van der Waals surface area contributed by atoms with Gasteiger partial charge in [-0.1, -0.05) is 73.2 Å². The number of hydrogen-bond donors (Lipinski definition) is 3. The fourth-order valence-corrected chi connectivity index (χ4v) is 5.60. The van der Waals surface area contributed by atoms with Crippen LogP contribution in [0.1, 0.15) is 70.5 Å². The van der Waals surface area contributed by atoms with Crippen LogP contribution in [0.2, 0.25) is 0 Å². The molecule has 9 aromatic rings. The Labute approximate surface area is 471 Å². The monoisotopic (exact) mass is 1090 g/mol. The minimum Gasteiger partial charge on any atom is -0.481 e. The maximum Gasteiger partial charge on any atom is 0.266 e. The number of nitrogens with two attached hydrogens (primary N) is 2. The largest absolute Gasteiger partial charge is 0.481 e. The highest BCUT2D eigenvalue weighted by atomic mass is 19.1. The Morgan fingerprint density at radius 3 is 1.36 bits per heavy atom. The van der Waals surface area contributed by atoms with E-state index in [1.54, 1.807) is 65.8 Å². The number of aromatic nitrogens is 10. The first-order chi connectivity index (χ1) is 38.3. The van der Waals surface area contributed by atoms with Crippen molar-refractivity contribution in [1.29, 1.82) is 0 Å². The second-order valence-corrected chi connectivity index (χ2v) is 16.6. The predicted octanol–water partition coefficient (Wildman–Crippen LogP) is 11.5. The number of pyridine rings is 6. The Morgan fingerprint density at radius 1 is 0.487 bits per heavy atom. The summed E-state index contributed by atoms with van der Waals surface area (Å²) < 4.78 is 36.9. The summed E-state index contributed by atoms with van der Waals surface area (Å²) in [4.78, 5) is 48.4. The lowest BCUT2D eigenvalue weighted by molar-refractivity contribution is 0.326. The third-order valence-electron chi connectivity index (χ3n) is 9.58. The molecule has 0 spiro atoms. The summed E-state index contributed by atoms with van der Waals surface area (Å²) in [6.07, 6.45) is 6.90. The van der Waals surface area contributed by atoms with Gasteiger partial charge in [-0.2, -0.15) is 4.39 Å². The number of methoxy groups -OCH3 is 4. The van der Waals surface area contributed by atoms with Crippen LogP contribution in [0.25, 0.3) is 0 Å². The van der Waals surface area contributed by atoms with Crippen LogP contribution in [0.4, 0.5) is 15.9 Å². The summed E-state index contributed by atoms with van der Waals surface area (Å²) in [7, 11) is 6.29. The predicted molar refractivity (Wildman–Crippen MR) is 317 cm³/mol. The van der Waals surface area contributed by atoms with Crippen molar-refractivity contribution in [3.05, 3.63) is 225 Å². The van der Waals surface area contributed by atoms with Gasteiger partial charge < -0.3 is 40.1 Å². The Bertz CT molecular complexity index is 2970. The van der Waals surface area contributed by atoms with E-state index in [1.807, 2.05) is 146 Å². The fraction of sp³-hybridized carbons (Fsp3) is 0.279. The molecule has 8 aromatic heterocycles. The minimum absolute atomic E-state index is 0.148. The third-order valence-corrected chi connectivity index (χ3v) is 9.58. The summed E-state index contributed by atoms with van der Waals surface area (Å²) in [5.41, 5.74) is 21.0. The maximum atomic E-state index is 12.2.